The molecule has 2 aromatic heterocycles. The van der Waals surface area contributed by atoms with Gasteiger partial charge in [0, 0.05) is 44.1 Å². The Hall–Kier alpha value is -2.96. The Morgan fingerprint density at radius 1 is 1.10 bits per heavy atom. The first kappa shape index (κ1) is 19.0. The van der Waals surface area contributed by atoms with Gasteiger partial charge in [-0.05, 0) is 19.3 Å². The summed E-state index contributed by atoms with van der Waals surface area (Å²) in [6.45, 7) is 5.15. The zero-order valence-electron chi connectivity index (χ0n) is 17.4. The van der Waals surface area contributed by atoms with Gasteiger partial charge in [0.2, 0.25) is 5.91 Å². The first-order valence-corrected chi connectivity index (χ1v) is 11.0. The van der Waals surface area contributed by atoms with Crippen LogP contribution in [0.4, 0.5) is 5.82 Å². The molecule has 30 heavy (non-hydrogen) atoms. The molecule has 1 saturated heterocycles. The molecular weight excluding hydrogens is 378 g/mol. The van der Waals surface area contributed by atoms with E-state index in [1.165, 1.54) is 0 Å². The molecule has 1 saturated carbocycles. The van der Waals surface area contributed by atoms with Crippen molar-refractivity contribution in [2.24, 2.45) is 5.92 Å². The molecule has 0 bridgehead atoms. The van der Waals surface area contributed by atoms with Crippen molar-refractivity contribution in [2.45, 2.75) is 39.0 Å². The van der Waals surface area contributed by atoms with E-state index in [0.29, 0.717) is 11.6 Å². The lowest BCUT2D eigenvalue weighted by Gasteiger charge is -2.35. The Balaban J connectivity index is 1.50. The van der Waals surface area contributed by atoms with E-state index in [9.17, 15) is 4.79 Å². The minimum atomic E-state index is 0.269. The summed E-state index contributed by atoms with van der Waals surface area (Å²) in [6.07, 6.45) is 5.04. The van der Waals surface area contributed by atoms with E-state index < -0.39 is 0 Å². The number of hydrogen-bond acceptors (Lipinski definition) is 6. The van der Waals surface area contributed by atoms with Crippen molar-refractivity contribution in [1.29, 1.82) is 0 Å². The molecule has 5 rings (SSSR count). The topological polar surface area (TPSA) is 75.4 Å². The summed E-state index contributed by atoms with van der Waals surface area (Å²) in [7, 11) is 0. The van der Waals surface area contributed by atoms with Gasteiger partial charge in [0.1, 0.15) is 22.7 Å². The van der Waals surface area contributed by atoms with Crippen LogP contribution in [0.15, 0.2) is 34.9 Å². The maximum Gasteiger partial charge on any atom is 0.263 e. The van der Waals surface area contributed by atoms with Crippen molar-refractivity contribution in [1.82, 2.24) is 20.0 Å². The first-order chi connectivity index (χ1) is 14.7. The molecule has 3 aromatic rings. The molecular formula is C23H27N5O2. The molecule has 2 aliphatic rings. The van der Waals surface area contributed by atoms with Crippen molar-refractivity contribution < 1.29 is 9.32 Å². The van der Waals surface area contributed by atoms with Gasteiger partial charge in [-0.3, -0.25) is 4.79 Å². The summed E-state index contributed by atoms with van der Waals surface area (Å²) in [4.78, 5) is 26.3. The predicted octanol–water partition coefficient (Wildman–Crippen LogP) is 3.69. The van der Waals surface area contributed by atoms with Crippen LogP contribution in [0.3, 0.4) is 0 Å². The van der Waals surface area contributed by atoms with E-state index in [0.717, 1.165) is 86.6 Å². The summed E-state index contributed by atoms with van der Waals surface area (Å²) >= 11 is 0. The molecule has 0 N–H and O–H groups in total. The zero-order valence-corrected chi connectivity index (χ0v) is 17.4. The first-order valence-electron chi connectivity index (χ1n) is 11.0. The van der Waals surface area contributed by atoms with Crippen molar-refractivity contribution in [2.75, 3.05) is 31.1 Å². The van der Waals surface area contributed by atoms with E-state index in [-0.39, 0.29) is 5.92 Å². The number of hydrogen-bond donors (Lipinski definition) is 0. The van der Waals surface area contributed by atoms with Gasteiger partial charge in [-0.25, -0.2) is 4.98 Å². The Morgan fingerprint density at radius 2 is 1.87 bits per heavy atom. The highest BCUT2D eigenvalue weighted by Crippen LogP contribution is 2.35. The minimum absolute atomic E-state index is 0.269. The van der Waals surface area contributed by atoms with Crippen LogP contribution in [0.5, 0.6) is 0 Å². The summed E-state index contributed by atoms with van der Waals surface area (Å²) in [6, 6.07) is 10.0. The third-order valence-corrected chi connectivity index (χ3v) is 5.98. The number of anilines is 1. The number of piperazine rings is 1. The summed E-state index contributed by atoms with van der Waals surface area (Å²) in [5.74, 6) is 2.27. The minimum Gasteiger partial charge on any atom is -0.352 e. The highest BCUT2D eigenvalue weighted by Gasteiger charge is 2.35. The lowest BCUT2D eigenvalue weighted by Crippen LogP contribution is -2.49. The lowest BCUT2D eigenvalue weighted by molar-refractivity contribution is -0.132. The van der Waals surface area contributed by atoms with Crippen LogP contribution in [0.25, 0.3) is 22.4 Å². The third-order valence-electron chi connectivity index (χ3n) is 5.98. The van der Waals surface area contributed by atoms with Gasteiger partial charge in [0.25, 0.3) is 5.71 Å². The smallest absolute Gasteiger partial charge is 0.263 e. The molecule has 7 heteroatoms. The van der Waals surface area contributed by atoms with E-state index in [4.69, 9.17) is 9.51 Å². The van der Waals surface area contributed by atoms with Crippen LogP contribution in [0.1, 0.15) is 38.4 Å². The van der Waals surface area contributed by atoms with Crippen molar-refractivity contribution >= 4 is 22.8 Å². The fourth-order valence-electron chi connectivity index (χ4n) is 4.08. The number of benzene rings is 1. The molecule has 7 nitrogen and oxygen atoms in total. The molecule has 0 radical (unpaired) electrons. The number of unbranched alkanes of at least 4 members (excludes halogenated alkanes) is 1. The molecule has 1 aliphatic heterocycles. The number of aromatic nitrogens is 3. The van der Waals surface area contributed by atoms with Crippen molar-refractivity contribution in [3.63, 3.8) is 0 Å². The SMILES string of the molecule is CCCCc1nc(N2CCN(C(=O)C3CC3)CC2)c2c(-c3ccccc3)noc2n1. The lowest BCUT2D eigenvalue weighted by atomic mass is 10.1. The number of rotatable bonds is 6. The Bertz CT molecular complexity index is 1040. The van der Waals surface area contributed by atoms with Gasteiger partial charge in [-0.15, -0.1) is 0 Å². The highest BCUT2D eigenvalue weighted by atomic mass is 16.5. The van der Waals surface area contributed by atoms with Crippen LogP contribution >= 0.6 is 0 Å². The normalized spacial score (nSPS) is 17.0. The van der Waals surface area contributed by atoms with Crippen molar-refractivity contribution in [3.8, 4) is 11.3 Å². The van der Waals surface area contributed by atoms with Crippen LogP contribution in [0.2, 0.25) is 0 Å². The maximum absolute atomic E-state index is 12.4. The number of fused-ring (bicyclic) bond motifs is 1. The second-order valence-electron chi connectivity index (χ2n) is 8.23. The molecule has 1 aliphatic carbocycles. The Morgan fingerprint density at radius 3 is 2.57 bits per heavy atom. The van der Waals surface area contributed by atoms with Gasteiger partial charge >= 0.3 is 0 Å². The highest BCUT2D eigenvalue weighted by molar-refractivity contribution is 5.98. The van der Waals surface area contributed by atoms with Crippen LogP contribution < -0.4 is 4.90 Å². The van der Waals surface area contributed by atoms with Crippen LogP contribution in [-0.4, -0.2) is 52.1 Å². The average molecular weight is 406 g/mol. The largest absolute Gasteiger partial charge is 0.352 e. The van der Waals surface area contributed by atoms with Gasteiger partial charge in [-0.2, -0.15) is 4.98 Å². The Kier molecular flexibility index (Phi) is 5.11. The van der Waals surface area contributed by atoms with E-state index in [1.807, 2.05) is 35.2 Å². The quantitative estimate of drug-likeness (QED) is 0.623. The second kappa shape index (κ2) is 8.05. The molecule has 156 valence electrons. The van der Waals surface area contributed by atoms with Crippen LogP contribution in [-0.2, 0) is 11.2 Å². The van der Waals surface area contributed by atoms with E-state index in [2.05, 4.69) is 22.0 Å². The van der Waals surface area contributed by atoms with Crippen LogP contribution in [0, 0.1) is 5.92 Å². The van der Waals surface area contributed by atoms with E-state index >= 15 is 0 Å². The third kappa shape index (κ3) is 3.64. The summed E-state index contributed by atoms with van der Waals surface area (Å²) in [5.41, 5.74) is 2.31. The van der Waals surface area contributed by atoms with Crippen molar-refractivity contribution in [3.05, 3.63) is 36.2 Å². The number of nitrogens with zero attached hydrogens (tertiary/aromatic N) is 5. The monoisotopic (exact) mass is 405 g/mol. The number of carbonyl (C=O) groups is 1. The fraction of sp³-hybridized carbons (Fsp3) is 0.478. The molecule has 0 atom stereocenters. The Labute approximate surface area is 176 Å². The van der Waals surface area contributed by atoms with Gasteiger partial charge in [0.15, 0.2) is 0 Å². The maximum atomic E-state index is 12.4. The average Bonchev–Trinajstić information content (AvgIpc) is 3.56. The van der Waals surface area contributed by atoms with E-state index in [1.54, 1.807) is 0 Å². The second-order valence-corrected chi connectivity index (χ2v) is 8.23. The molecule has 0 spiro atoms. The molecule has 2 fully saturated rings. The predicted molar refractivity (Wildman–Crippen MR) is 115 cm³/mol. The molecule has 0 unspecified atom stereocenters. The van der Waals surface area contributed by atoms with Gasteiger partial charge < -0.3 is 14.3 Å². The zero-order chi connectivity index (χ0) is 20.5. The molecule has 3 heterocycles. The van der Waals surface area contributed by atoms with Gasteiger partial charge in [-0.1, -0.05) is 48.8 Å². The molecule has 1 amide bonds. The summed E-state index contributed by atoms with van der Waals surface area (Å²) in [5, 5.41) is 5.21. The number of aryl methyl sites for hydroxylation is 1. The fourth-order valence-corrected chi connectivity index (χ4v) is 4.08. The van der Waals surface area contributed by atoms with Gasteiger partial charge in [0.05, 0.1) is 0 Å². The summed E-state index contributed by atoms with van der Waals surface area (Å²) < 4.78 is 5.66. The number of carbonyl (C=O) groups excluding carboxylic acids is 1. The number of amides is 1. The molecule has 1 aromatic carbocycles. The standard InChI is InChI=1S/C23H27N5O2/c1-2-3-9-18-24-21(27-12-14-28(15-13-27)23(29)17-10-11-17)19-20(26-30-22(19)25-18)16-7-5-4-6-8-16/h4-8,17H,2-3,9-15H2,1H3.